The van der Waals surface area contributed by atoms with Gasteiger partial charge in [-0.25, -0.2) is 8.42 Å². The Bertz CT molecular complexity index is 834. The monoisotopic (exact) mass is 332 g/mol. The molecule has 2 aromatic rings. The molecule has 0 aromatic heterocycles. The van der Waals surface area contributed by atoms with Crippen LogP contribution in [0.15, 0.2) is 53.4 Å². The molecule has 1 heterocycles. The van der Waals surface area contributed by atoms with Gasteiger partial charge in [-0.1, -0.05) is 18.2 Å². The van der Waals surface area contributed by atoms with Gasteiger partial charge in [-0.2, -0.15) is 0 Å². The predicted octanol–water partition coefficient (Wildman–Crippen LogP) is 2.23. The predicted molar refractivity (Wildman–Crippen MR) is 87.2 cm³/mol. The highest BCUT2D eigenvalue weighted by Gasteiger charge is 2.22. The van der Waals surface area contributed by atoms with E-state index >= 15 is 0 Å². The van der Waals surface area contributed by atoms with Gasteiger partial charge in [-0.15, -0.1) is 0 Å². The van der Waals surface area contributed by atoms with Crippen molar-refractivity contribution < 1.29 is 17.9 Å². The Morgan fingerprint density at radius 2 is 1.91 bits per heavy atom. The SMILES string of the molecule is CC(=O)N1CCOc2cc(NS(=O)(=O)c3ccccc3)ccc21. The lowest BCUT2D eigenvalue weighted by atomic mass is 10.2. The van der Waals surface area contributed by atoms with E-state index in [1.54, 1.807) is 41.3 Å². The van der Waals surface area contributed by atoms with Gasteiger partial charge in [0.15, 0.2) is 0 Å². The lowest BCUT2D eigenvalue weighted by Gasteiger charge is -2.29. The Morgan fingerprint density at radius 3 is 2.61 bits per heavy atom. The fourth-order valence-electron chi connectivity index (χ4n) is 2.42. The number of nitrogens with zero attached hydrogens (tertiary/aromatic N) is 1. The van der Waals surface area contributed by atoms with E-state index in [1.807, 2.05) is 0 Å². The van der Waals surface area contributed by atoms with Gasteiger partial charge in [0, 0.05) is 13.0 Å². The minimum Gasteiger partial charge on any atom is -0.489 e. The Labute approximate surface area is 134 Å². The van der Waals surface area contributed by atoms with Crippen molar-refractivity contribution in [1.82, 2.24) is 0 Å². The summed E-state index contributed by atoms with van der Waals surface area (Å²) in [4.78, 5) is 13.4. The summed E-state index contributed by atoms with van der Waals surface area (Å²) in [6.07, 6.45) is 0. The third-order valence-electron chi connectivity index (χ3n) is 3.51. The van der Waals surface area contributed by atoms with Crippen LogP contribution in [0.1, 0.15) is 6.92 Å². The molecule has 3 rings (SSSR count). The number of carbonyl (C=O) groups is 1. The first-order valence-corrected chi connectivity index (χ1v) is 8.58. The summed E-state index contributed by atoms with van der Waals surface area (Å²) in [6, 6.07) is 13.0. The third kappa shape index (κ3) is 3.14. The van der Waals surface area contributed by atoms with Crippen molar-refractivity contribution in [3.05, 3.63) is 48.5 Å². The molecule has 1 N–H and O–H groups in total. The number of sulfonamides is 1. The van der Waals surface area contributed by atoms with Crippen molar-refractivity contribution in [3.8, 4) is 5.75 Å². The van der Waals surface area contributed by atoms with E-state index in [-0.39, 0.29) is 10.8 Å². The molecule has 7 heteroatoms. The van der Waals surface area contributed by atoms with Crippen LogP contribution in [0.4, 0.5) is 11.4 Å². The number of ether oxygens (including phenoxy) is 1. The Kier molecular flexibility index (Phi) is 3.96. The van der Waals surface area contributed by atoms with Crippen molar-refractivity contribution in [2.75, 3.05) is 22.8 Å². The average Bonchev–Trinajstić information content (AvgIpc) is 2.54. The number of benzene rings is 2. The molecule has 0 bridgehead atoms. The van der Waals surface area contributed by atoms with E-state index in [0.29, 0.717) is 30.3 Å². The zero-order valence-corrected chi connectivity index (χ0v) is 13.3. The van der Waals surface area contributed by atoms with Crippen LogP contribution >= 0.6 is 0 Å². The van der Waals surface area contributed by atoms with Crippen LogP contribution < -0.4 is 14.4 Å². The first-order chi connectivity index (χ1) is 11.0. The Morgan fingerprint density at radius 1 is 1.17 bits per heavy atom. The van der Waals surface area contributed by atoms with Crippen LogP contribution in [0.2, 0.25) is 0 Å². The molecular formula is C16H16N2O4S. The molecule has 1 aliphatic heterocycles. The van der Waals surface area contributed by atoms with Gasteiger partial charge in [0.05, 0.1) is 22.8 Å². The summed E-state index contributed by atoms with van der Waals surface area (Å²) in [5.41, 5.74) is 1.03. The van der Waals surface area contributed by atoms with Crippen molar-refractivity contribution in [3.63, 3.8) is 0 Å². The molecule has 0 unspecified atom stereocenters. The van der Waals surface area contributed by atoms with Crippen LogP contribution in [0.3, 0.4) is 0 Å². The zero-order valence-electron chi connectivity index (χ0n) is 12.5. The van der Waals surface area contributed by atoms with E-state index in [4.69, 9.17) is 4.74 Å². The second-order valence-corrected chi connectivity index (χ2v) is 6.80. The van der Waals surface area contributed by atoms with Crippen LogP contribution in [0.5, 0.6) is 5.75 Å². The molecule has 0 saturated carbocycles. The van der Waals surface area contributed by atoms with E-state index in [1.165, 1.54) is 19.1 Å². The summed E-state index contributed by atoms with van der Waals surface area (Å²) >= 11 is 0. The highest BCUT2D eigenvalue weighted by molar-refractivity contribution is 7.92. The number of nitrogens with one attached hydrogen (secondary N) is 1. The van der Waals surface area contributed by atoms with Gasteiger partial charge in [-0.3, -0.25) is 9.52 Å². The normalized spacial score (nSPS) is 13.9. The molecule has 23 heavy (non-hydrogen) atoms. The summed E-state index contributed by atoms with van der Waals surface area (Å²) in [7, 11) is -3.66. The van der Waals surface area contributed by atoms with Crippen molar-refractivity contribution in [2.45, 2.75) is 11.8 Å². The average molecular weight is 332 g/mol. The summed E-state index contributed by atoms with van der Waals surface area (Å²) in [6.45, 7) is 2.35. The van der Waals surface area contributed by atoms with Gasteiger partial charge < -0.3 is 9.64 Å². The minimum atomic E-state index is -3.66. The zero-order chi connectivity index (χ0) is 16.4. The summed E-state index contributed by atoms with van der Waals surface area (Å²) in [5, 5.41) is 0. The lowest BCUT2D eigenvalue weighted by molar-refractivity contribution is -0.116. The first kappa shape index (κ1) is 15.4. The third-order valence-corrected chi connectivity index (χ3v) is 4.91. The molecule has 0 atom stereocenters. The van der Waals surface area contributed by atoms with Crippen LogP contribution in [-0.4, -0.2) is 27.5 Å². The van der Waals surface area contributed by atoms with Gasteiger partial charge in [-0.05, 0) is 24.3 Å². The Hall–Kier alpha value is -2.54. The molecule has 1 aliphatic rings. The number of rotatable bonds is 3. The lowest BCUT2D eigenvalue weighted by Crippen LogP contribution is -2.36. The molecule has 0 radical (unpaired) electrons. The second kappa shape index (κ2) is 5.92. The number of amides is 1. The van der Waals surface area contributed by atoms with E-state index in [9.17, 15) is 13.2 Å². The van der Waals surface area contributed by atoms with Crippen LogP contribution in [-0.2, 0) is 14.8 Å². The molecule has 0 fully saturated rings. The molecule has 0 aliphatic carbocycles. The van der Waals surface area contributed by atoms with Gasteiger partial charge >= 0.3 is 0 Å². The highest BCUT2D eigenvalue weighted by atomic mass is 32.2. The van der Waals surface area contributed by atoms with Crippen LogP contribution in [0, 0.1) is 0 Å². The van der Waals surface area contributed by atoms with E-state index in [0.717, 1.165) is 0 Å². The smallest absolute Gasteiger partial charge is 0.261 e. The summed E-state index contributed by atoms with van der Waals surface area (Å²) in [5.74, 6) is 0.409. The van der Waals surface area contributed by atoms with Crippen LogP contribution in [0.25, 0.3) is 0 Å². The first-order valence-electron chi connectivity index (χ1n) is 7.10. The number of carbonyl (C=O) groups excluding carboxylic acids is 1. The van der Waals surface area contributed by atoms with E-state index < -0.39 is 10.0 Å². The van der Waals surface area contributed by atoms with Gasteiger partial charge in [0.1, 0.15) is 12.4 Å². The fourth-order valence-corrected chi connectivity index (χ4v) is 3.49. The van der Waals surface area contributed by atoms with E-state index in [2.05, 4.69) is 4.72 Å². The number of anilines is 2. The number of fused-ring (bicyclic) bond motifs is 1. The molecule has 6 nitrogen and oxygen atoms in total. The minimum absolute atomic E-state index is 0.0767. The number of hydrogen-bond donors (Lipinski definition) is 1. The van der Waals surface area contributed by atoms with Crippen molar-refractivity contribution in [1.29, 1.82) is 0 Å². The maximum atomic E-state index is 12.3. The maximum absolute atomic E-state index is 12.3. The molecular weight excluding hydrogens is 316 g/mol. The van der Waals surface area contributed by atoms with Crippen molar-refractivity contribution in [2.24, 2.45) is 0 Å². The van der Waals surface area contributed by atoms with Gasteiger partial charge in [0.25, 0.3) is 10.0 Å². The molecule has 0 spiro atoms. The molecule has 120 valence electrons. The summed E-state index contributed by atoms with van der Waals surface area (Å²) < 4.78 is 32.7. The highest BCUT2D eigenvalue weighted by Crippen LogP contribution is 2.34. The second-order valence-electron chi connectivity index (χ2n) is 5.12. The van der Waals surface area contributed by atoms with Crippen molar-refractivity contribution >= 4 is 27.3 Å². The molecule has 2 aromatic carbocycles. The quantitative estimate of drug-likeness (QED) is 0.935. The number of hydrogen-bond acceptors (Lipinski definition) is 4. The topological polar surface area (TPSA) is 75.7 Å². The van der Waals surface area contributed by atoms with Gasteiger partial charge in [0.2, 0.25) is 5.91 Å². The molecule has 0 saturated heterocycles. The fraction of sp³-hybridized carbons (Fsp3) is 0.188. The maximum Gasteiger partial charge on any atom is 0.261 e. The largest absolute Gasteiger partial charge is 0.489 e. The Balaban J connectivity index is 1.90. The molecule has 1 amide bonds. The standard InChI is InChI=1S/C16H16N2O4S/c1-12(19)18-9-10-22-16-11-13(7-8-15(16)18)17-23(20,21)14-5-3-2-4-6-14/h2-8,11,17H,9-10H2,1H3.